The third-order valence-corrected chi connectivity index (χ3v) is 7.17. The van der Waals surface area contributed by atoms with Crippen molar-refractivity contribution in [3.63, 3.8) is 0 Å². The third-order valence-electron chi connectivity index (χ3n) is 7.17. The van der Waals surface area contributed by atoms with Crippen molar-refractivity contribution < 1.29 is 9.53 Å². The number of aromatic amines is 1. The average Bonchev–Trinajstić information content (AvgIpc) is 3.51. The second-order valence-electron chi connectivity index (χ2n) is 9.61. The van der Waals surface area contributed by atoms with Gasteiger partial charge < -0.3 is 4.74 Å². The van der Waals surface area contributed by atoms with Crippen LogP contribution in [0.5, 0.6) is 5.75 Å². The number of hydrogen-bond acceptors (Lipinski definition) is 4. The van der Waals surface area contributed by atoms with Crippen LogP contribution in [0.2, 0.25) is 0 Å². The van der Waals surface area contributed by atoms with Crippen molar-refractivity contribution in [1.29, 1.82) is 0 Å². The van der Waals surface area contributed by atoms with E-state index in [-0.39, 0.29) is 5.78 Å². The number of aromatic nitrogens is 2. The molecule has 0 radical (unpaired) electrons. The Morgan fingerprint density at radius 2 is 2.00 bits per heavy atom. The first-order valence-electron chi connectivity index (χ1n) is 12.3. The number of carbonyl (C=O) groups is 1. The van der Waals surface area contributed by atoms with E-state index in [2.05, 4.69) is 57.6 Å². The van der Waals surface area contributed by atoms with Crippen LogP contribution in [0.25, 0.3) is 22.2 Å². The zero-order valence-corrected chi connectivity index (χ0v) is 19.3. The third kappa shape index (κ3) is 4.24. The predicted molar refractivity (Wildman–Crippen MR) is 134 cm³/mol. The molecule has 34 heavy (non-hydrogen) atoms. The van der Waals surface area contributed by atoms with Gasteiger partial charge in [-0.05, 0) is 72.8 Å². The first kappa shape index (κ1) is 21.1. The van der Waals surface area contributed by atoms with Gasteiger partial charge in [-0.15, -0.1) is 0 Å². The lowest BCUT2D eigenvalue weighted by molar-refractivity contribution is 0.0913. The second kappa shape index (κ2) is 9.07. The van der Waals surface area contributed by atoms with Crippen LogP contribution in [-0.2, 0) is 13.0 Å². The number of benzene rings is 3. The molecular weight excluding hydrogens is 422 g/mol. The largest absolute Gasteiger partial charge is 0.493 e. The van der Waals surface area contributed by atoms with Crippen LogP contribution in [0.1, 0.15) is 40.7 Å². The SMILES string of the molecule is O=C(C[C@@H]1CCCN(Cc2ccccc2)C1)c1ccc2[nH]nc(-c3ccc4c(c3)CCO4)c2c1. The maximum atomic E-state index is 13.3. The second-order valence-corrected chi connectivity index (χ2v) is 9.61. The summed E-state index contributed by atoms with van der Waals surface area (Å²) in [5, 5.41) is 8.70. The molecule has 0 aliphatic carbocycles. The van der Waals surface area contributed by atoms with Crippen molar-refractivity contribution >= 4 is 16.7 Å². The smallest absolute Gasteiger partial charge is 0.163 e. The van der Waals surface area contributed by atoms with E-state index in [0.29, 0.717) is 12.3 Å². The summed E-state index contributed by atoms with van der Waals surface area (Å²) in [4.78, 5) is 15.8. The molecule has 1 aromatic heterocycles. The fourth-order valence-electron chi connectivity index (χ4n) is 5.42. The van der Waals surface area contributed by atoms with E-state index < -0.39 is 0 Å². The van der Waals surface area contributed by atoms with Crippen LogP contribution in [-0.4, -0.2) is 40.6 Å². The first-order valence-corrected chi connectivity index (χ1v) is 12.3. The van der Waals surface area contributed by atoms with E-state index >= 15 is 0 Å². The summed E-state index contributed by atoms with van der Waals surface area (Å²) in [6.45, 7) is 3.79. The van der Waals surface area contributed by atoms with E-state index in [1.54, 1.807) is 0 Å². The molecule has 1 fully saturated rings. The number of nitrogens with one attached hydrogen (secondary N) is 1. The van der Waals surface area contributed by atoms with Crippen molar-refractivity contribution in [2.24, 2.45) is 5.92 Å². The number of H-pyrrole nitrogens is 1. The Labute approximate surface area is 199 Å². The van der Waals surface area contributed by atoms with Gasteiger partial charge in [0.25, 0.3) is 0 Å². The molecule has 172 valence electrons. The highest BCUT2D eigenvalue weighted by molar-refractivity contribution is 6.02. The summed E-state index contributed by atoms with van der Waals surface area (Å²) in [6, 6.07) is 22.8. The first-order chi connectivity index (χ1) is 16.7. The number of ether oxygens (including phenoxy) is 1. The number of carbonyl (C=O) groups excluding carboxylic acids is 1. The number of likely N-dealkylation sites (tertiary alicyclic amines) is 1. The van der Waals surface area contributed by atoms with Gasteiger partial charge in [0.1, 0.15) is 5.75 Å². The molecule has 1 atom stereocenters. The van der Waals surface area contributed by atoms with Gasteiger partial charge in [0, 0.05) is 42.4 Å². The van der Waals surface area contributed by atoms with Crippen molar-refractivity contribution in [3.8, 4) is 17.0 Å². The van der Waals surface area contributed by atoms with Crippen molar-refractivity contribution in [3.05, 3.63) is 83.4 Å². The van der Waals surface area contributed by atoms with Crippen LogP contribution in [0.15, 0.2) is 66.7 Å². The molecule has 5 heteroatoms. The van der Waals surface area contributed by atoms with Gasteiger partial charge in [0.2, 0.25) is 0 Å². The molecule has 2 aliphatic rings. The van der Waals surface area contributed by atoms with Crippen LogP contribution in [0.3, 0.4) is 0 Å². The predicted octanol–water partition coefficient (Wildman–Crippen LogP) is 5.65. The Morgan fingerprint density at radius 3 is 2.91 bits per heavy atom. The number of ketones is 1. The van der Waals surface area contributed by atoms with Gasteiger partial charge >= 0.3 is 0 Å². The minimum atomic E-state index is 0.225. The zero-order chi connectivity index (χ0) is 22.9. The standard InChI is InChI=1S/C29H29N3O2/c33-27(15-21-7-4-13-32(19-21)18-20-5-2-1-3-6-20)22-8-10-26-25(17-22)29(31-30-26)24-9-11-28-23(16-24)12-14-34-28/h1-3,5-6,8-11,16-17,21H,4,7,12-15,18-19H2,(H,30,31)/t21-/m0/s1. The molecule has 4 aromatic rings. The zero-order valence-electron chi connectivity index (χ0n) is 19.3. The van der Waals surface area contributed by atoms with E-state index in [4.69, 9.17) is 4.74 Å². The maximum Gasteiger partial charge on any atom is 0.163 e. The Kier molecular flexibility index (Phi) is 5.63. The maximum absolute atomic E-state index is 13.3. The number of nitrogens with zero attached hydrogens (tertiary/aromatic N) is 2. The fourth-order valence-corrected chi connectivity index (χ4v) is 5.42. The summed E-state index contributed by atoms with van der Waals surface area (Å²) in [7, 11) is 0. The molecule has 1 N–H and O–H groups in total. The number of piperidine rings is 1. The van der Waals surface area contributed by atoms with E-state index in [9.17, 15) is 4.79 Å². The summed E-state index contributed by atoms with van der Waals surface area (Å²) < 4.78 is 5.65. The Hall–Kier alpha value is -3.44. The Bertz CT molecular complexity index is 1330. The molecule has 2 aliphatic heterocycles. The molecule has 0 unspecified atom stereocenters. The van der Waals surface area contributed by atoms with Gasteiger partial charge in [-0.25, -0.2) is 0 Å². The normalized spacial score (nSPS) is 18.1. The lowest BCUT2D eigenvalue weighted by Gasteiger charge is -2.32. The highest BCUT2D eigenvalue weighted by Crippen LogP contribution is 2.33. The summed E-state index contributed by atoms with van der Waals surface area (Å²) in [5.74, 6) is 1.59. The van der Waals surface area contributed by atoms with Gasteiger partial charge in [-0.1, -0.05) is 30.3 Å². The van der Waals surface area contributed by atoms with Crippen LogP contribution in [0.4, 0.5) is 0 Å². The molecule has 0 amide bonds. The molecule has 0 spiro atoms. The summed E-state index contributed by atoms with van der Waals surface area (Å²) in [6.07, 6.45) is 3.79. The number of Topliss-reactive ketones (excluding diaryl/α,β-unsaturated/α-hetero) is 1. The van der Waals surface area contributed by atoms with Crippen LogP contribution >= 0.6 is 0 Å². The number of rotatable bonds is 6. The Balaban J connectivity index is 1.18. The summed E-state index contributed by atoms with van der Waals surface area (Å²) in [5.41, 5.74) is 6.24. The van der Waals surface area contributed by atoms with E-state index in [1.165, 1.54) is 11.1 Å². The van der Waals surface area contributed by atoms with Crippen molar-refractivity contribution in [2.75, 3.05) is 19.7 Å². The molecule has 0 saturated carbocycles. The van der Waals surface area contributed by atoms with Gasteiger partial charge in [0.15, 0.2) is 5.78 Å². The molecule has 3 heterocycles. The molecule has 5 nitrogen and oxygen atoms in total. The van der Waals surface area contributed by atoms with Gasteiger partial charge in [-0.2, -0.15) is 5.10 Å². The number of hydrogen-bond donors (Lipinski definition) is 1. The van der Waals surface area contributed by atoms with Gasteiger partial charge in [0.05, 0.1) is 17.8 Å². The minimum Gasteiger partial charge on any atom is -0.493 e. The van der Waals surface area contributed by atoms with E-state index in [1.807, 2.05) is 24.3 Å². The van der Waals surface area contributed by atoms with Crippen molar-refractivity contribution in [1.82, 2.24) is 15.1 Å². The molecule has 0 bridgehead atoms. The fraction of sp³-hybridized carbons (Fsp3) is 0.310. The lowest BCUT2D eigenvalue weighted by Crippen LogP contribution is -2.35. The van der Waals surface area contributed by atoms with Gasteiger partial charge in [-0.3, -0.25) is 14.8 Å². The molecular formula is C29H29N3O2. The lowest BCUT2D eigenvalue weighted by atomic mass is 9.90. The minimum absolute atomic E-state index is 0.225. The highest BCUT2D eigenvalue weighted by atomic mass is 16.5. The quantitative estimate of drug-likeness (QED) is 0.385. The molecule has 6 rings (SSSR count). The topological polar surface area (TPSA) is 58.2 Å². The van der Waals surface area contributed by atoms with Crippen LogP contribution in [0, 0.1) is 5.92 Å². The summed E-state index contributed by atoms with van der Waals surface area (Å²) >= 11 is 0. The Morgan fingerprint density at radius 1 is 1.09 bits per heavy atom. The number of fused-ring (bicyclic) bond motifs is 2. The van der Waals surface area contributed by atoms with E-state index in [0.717, 1.165) is 79.0 Å². The molecule has 1 saturated heterocycles. The van der Waals surface area contributed by atoms with Crippen molar-refractivity contribution in [2.45, 2.75) is 32.2 Å². The average molecular weight is 452 g/mol. The highest BCUT2D eigenvalue weighted by Gasteiger charge is 2.23. The van der Waals surface area contributed by atoms with Crippen LogP contribution < -0.4 is 4.74 Å². The monoisotopic (exact) mass is 451 g/mol. The molecule has 3 aromatic carbocycles.